The summed E-state index contributed by atoms with van der Waals surface area (Å²) in [4.78, 5) is 11.9. The van der Waals surface area contributed by atoms with E-state index in [4.69, 9.17) is 0 Å². The molecule has 3 N–H and O–H groups in total. The molecule has 0 saturated carbocycles. The lowest BCUT2D eigenvalue weighted by atomic mass is 10.1. The minimum atomic E-state index is -0.424. The number of hydrogen-bond donors (Lipinski definition) is 3. The minimum absolute atomic E-state index is 0.0167. The second-order valence-corrected chi connectivity index (χ2v) is 4.42. The van der Waals surface area contributed by atoms with E-state index in [-0.39, 0.29) is 11.5 Å². The highest BCUT2D eigenvalue weighted by atomic mass is 16.3. The minimum Gasteiger partial charge on any atom is -0.508 e. The van der Waals surface area contributed by atoms with Crippen molar-refractivity contribution in [1.29, 1.82) is 0 Å². The van der Waals surface area contributed by atoms with Gasteiger partial charge in [-0.3, -0.25) is 4.79 Å². The van der Waals surface area contributed by atoms with Gasteiger partial charge in [0.25, 0.3) is 5.91 Å². The standard InChI is InChI=1S/C16H16N2O3/c1-2-14(13-8-3-4-9-15(13)20)17-18-16(21)11-6-5-7-12(19)10-11/h3-10,19-20H,2H2,1H3,(H,18,21)/b17-14-. The maximum Gasteiger partial charge on any atom is 0.271 e. The molecule has 0 aromatic heterocycles. The topological polar surface area (TPSA) is 81.9 Å². The fraction of sp³-hybridized carbons (Fsp3) is 0.125. The van der Waals surface area contributed by atoms with E-state index in [1.54, 1.807) is 36.4 Å². The summed E-state index contributed by atoms with van der Waals surface area (Å²) in [5.41, 5.74) is 3.89. The first kappa shape index (κ1) is 14.6. The molecule has 0 aliphatic heterocycles. The SMILES string of the molecule is CC/C(=N/NC(=O)c1cccc(O)c1)c1ccccc1O. The van der Waals surface area contributed by atoms with Crippen molar-refractivity contribution in [3.63, 3.8) is 0 Å². The Labute approximate surface area is 122 Å². The molecule has 108 valence electrons. The van der Waals surface area contributed by atoms with Crippen LogP contribution < -0.4 is 5.43 Å². The molecule has 0 atom stereocenters. The van der Waals surface area contributed by atoms with Crippen molar-refractivity contribution in [2.24, 2.45) is 5.10 Å². The van der Waals surface area contributed by atoms with Crippen LogP contribution in [0.4, 0.5) is 0 Å². The Morgan fingerprint density at radius 3 is 2.57 bits per heavy atom. The second kappa shape index (κ2) is 6.56. The zero-order valence-electron chi connectivity index (χ0n) is 11.6. The molecule has 0 radical (unpaired) electrons. The van der Waals surface area contributed by atoms with Crippen molar-refractivity contribution in [3.8, 4) is 11.5 Å². The van der Waals surface area contributed by atoms with E-state index < -0.39 is 5.91 Å². The number of phenolic OH excluding ortho intramolecular Hbond substituents is 2. The third-order valence-corrected chi connectivity index (χ3v) is 2.95. The fourth-order valence-electron chi connectivity index (χ4n) is 1.88. The first-order valence-corrected chi connectivity index (χ1v) is 6.56. The van der Waals surface area contributed by atoms with Crippen molar-refractivity contribution in [2.45, 2.75) is 13.3 Å². The molecule has 2 aromatic carbocycles. The number of carbonyl (C=O) groups is 1. The number of para-hydroxylation sites is 1. The predicted octanol–water partition coefficient (Wildman–Crippen LogP) is 2.64. The van der Waals surface area contributed by atoms with Gasteiger partial charge < -0.3 is 10.2 Å². The van der Waals surface area contributed by atoms with E-state index in [9.17, 15) is 15.0 Å². The van der Waals surface area contributed by atoms with E-state index in [0.29, 0.717) is 23.3 Å². The van der Waals surface area contributed by atoms with Crippen LogP contribution in [0.15, 0.2) is 53.6 Å². The molecule has 2 aromatic rings. The number of hydrazone groups is 1. The van der Waals surface area contributed by atoms with Gasteiger partial charge in [0.05, 0.1) is 5.71 Å². The lowest BCUT2D eigenvalue weighted by molar-refractivity contribution is 0.0954. The van der Waals surface area contributed by atoms with Crippen LogP contribution in [0.1, 0.15) is 29.3 Å². The molecular formula is C16H16N2O3. The van der Waals surface area contributed by atoms with Crippen molar-refractivity contribution in [1.82, 2.24) is 5.43 Å². The maximum absolute atomic E-state index is 11.9. The highest BCUT2D eigenvalue weighted by molar-refractivity contribution is 6.03. The van der Waals surface area contributed by atoms with Gasteiger partial charge in [-0.05, 0) is 36.8 Å². The van der Waals surface area contributed by atoms with Crippen LogP contribution >= 0.6 is 0 Å². The number of hydrogen-bond acceptors (Lipinski definition) is 4. The Morgan fingerprint density at radius 1 is 1.14 bits per heavy atom. The molecule has 1 amide bonds. The van der Waals surface area contributed by atoms with E-state index >= 15 is 0 Å². The summed E-state index contributed by atoms with van der Waals surface area (Å²) in [6.07, 6.45) is 0.553. The summed E-state index contributed by atoms with van der Waals surface area (Å²) in [7, 11) is 0. The van der Waals surface area contributed by atoms with Crippen LogP contribution in [-0.2, 0) is 0 Å². The molecule has 0 saturated heterocycles. The van der Waals surface area contributed by atoms with Gasteiger partial charge in [-0.1, -0.05) is 25.1 Å². The van der Waals surface area contributed by atoms with Gasteiger partial charge in [-0.25, -0.2) is 5.43 Å². The van der Waals surface area contributed by atoms with Gasteiger partial charge in [-0.2, -0.15) is 5.10 Å². The average Bonchev–Trinajstić information content (AvgIpc) is 2.49. The monoisotopic (exact) mass is 284 g/mol. The Balaban J connectivity index is 2.19. The number of amides is 1. The number of rotatable bonds is 4. The van der Waals surface area contributed by atoms with E-state index in [2.05, 4.69) is 10.5 Å². The predicted molar refractivity (Wildman–Crippen MR) is 80.5 cm³/mol. The molecule has 0 bridgehead atoms. The van der Waals surface area contributed by atoms with Crippen LogP contribution in [0.25, 0.3) is 0 Å². The lowest BCUT2D eigenvalue weighted by Gasteiger charge is -2.07. The van der Waals surface area contributed by atoms with Gasteiger partial charge >= 0.3 is 0 Å². The highest BCUT2D eigenvalue weighted by Gasteiger charge is 2.09. The third-order valence-electron chi connectivity index (χ3n) is 2.95. The lowest BCUT2D eigenvalue weighted by Crippen LogP contribution is -2.19. The van der Waals surface area contributed by atoms with E-state index in [1.807, 2.05) is 6.92 Å². The molecular weight excluding hydrogens is 268 g/mol. The highest BCUT2D eigenvalue weighted by Crippen LogP contribution is 2.18. The van der Waals surface area contributed by atoms with Gasteiger partial charge in [0, 0.05) is 11.1 Å². The number of benzene rings is 2. The van der Waals surface area contributed by atoms with Crippen LogP contribution in [0.2, 0.25) is 0 Å². The van der Waals surface area contributed by atoms with Crippen LogP contribution in [-0.4, -0.2) is 21.8 Å². The summed E-state index contributed by atoms with van der Waals surface area (Å²) in [5, 5.41) is 23.2. The normalized spacial score (nSPS) is 11.2. The largest absolute Gasteiger partial charge is 0.508 e. The molecule has 5 nitrogen and oxygen atoms in total. The zero-order valence-corrected chi connectivity index (χ0v) is 11.6. The molecule has 5 heteroatoms. The van der Waals surface area contributed by atoms with Crippen molar-refractivity contribution in [2.75, 3.05) is 0 Å². The van der Waals surface area contributed by atoms with E-state index in [0.717, 1.165) is 0 Å². The van der Waals surface area contributed by atoms with Crippen LogP contribution in [0.3, 0.4) is 0 Å². The maximum atomic E-state index is 11.9. The first-order valence-electron chi connectivity index (χ1n) is 6.56. The molecule has 0 spiro atoms. The molecule has 0 aliphatic rings. The van der Waals surface area contributed by atoms with Gasteiger partial charge in [-0.15, -0.1) is 0 Å². The zero-order chi connectivity index (χ0) is 15.2. The number of phenols is 2. The van der Waals surface area contributed by atoms with Crippen molar-refractivity contribution in [3.05, 3.63) is 59.7 Å². The summed E-state index contributed by atoms with van der Waals surface area (Å²) in [6, 6.07) is 12.8. The van der Waals surface area contributed by atoms with Crippen molar-refractivity contribution < 1.29 is 15.0 Å². The number of carbonyl (C=O) groups excluding carboxylic acids is 1. The van der Waals surface area contributed by atoms with Crippen LogP contribution in [0.5, 0.6) is 11.5 Å². The Kier molecular flexibility index (Phi) is 4.56. The Morgan fingerprint density at radius 2 is 1.90 bits per heavy atom. The van der Waals surface area contributed by atoms with Crippen LogP contribution in [0, 0.1) is 0 Å². The first-order chi connectivity index (χ1) is 10.1. The van der Waals surface area contributed by atoms with Crippen molar-refractivity contribution >= 4 is 11.6 Å². The molecule has 0 unspecified atom stereocenters. The summed E-state index contributed by atoms with van der Waals surface area (Å²) < 4.78 is 0. The van der Waals surface area contributed by atoms with Gasteiger partial charge in [0.1, 0.15) is 11.5 Å². The molecule has 2 rings (SSSR count). The summed E-state index contributed by atoms with van der Waals surface area (Å²) in [6.45, 7) is 1.88. The molecule has 21 heavy (non-hydrogen) atoms. The van der Waals surface area contributed by atoms with Gasteiger partial charge in [0.2, 0.25) is 0 Å². The number of nitrogens with one attached hydrogen (secondary N) is 1. The number of nitrogens with zero attached hydrogens (tertiary/aromatic N) is 1. The molecule has 0 aliphatic carbocycles. The summed E-state index contributed by atoms with van der Waals surface area (Å²) >= 11 is 0. The smallest absolute Gasteiger partial charge is 0.271 e. The Hall–Kier alpha value is -2.82. The Bertz CT molecular complexity index is 681. The number of aromatic hydroxyl groups is 2. The third kappa shape index (κ3) is 3.60. The second-order valence-electron chi connectivity index (χ2n) is 4.42. The van der Waals surface area contributed by atoms with E-state index in [1.165, 1.54) is 12.1 Å². The quantitative estimate of drug-likeness (QED) is 0.596. The van der Waals surface area contributed by atoms with Gasteiger partial charge in [0.15, 0.2) is 0 Å². The molecule has 0 heterocycles. The fourth-order valence-corrected chi connectivity index (χ4v) is 1.88. The molecule has 0 fully saturated rings. The summed E-state index contributed by atoms with van der Waals surface area (Å²) in [5.74, 6) is -0.292. The average molecular weight is 284 g/mol.